The Morgan fingerprint density at radius 1 is 1.67 bits per heavy atom. The molecule has 0 saturated heterocycles. The van der Waals surface area contributed by atoms with E-state index in [0.717, 1.165) is 24.6 Å². The summed E-state index contributed by atoms with van der Waals surface area (Å²) in [5.41, 5.74) is 1.88. The van der Waals surface area contributed by atoms with Crippen LogP contribution in [-0.4, -0.2) is 4.98 Å². The Morgan fingerprint density at radius 2 is 2.33 bits per heavy atom. The first kappa shape index (κ1) is 10.4. The molecule has 15 heavy (non-hydrogen) atoms. The van der Waals surface area contributed by atoms with Crippen molar-refractivity contribution in [1.82, 2.24) is 4.98 Å². The molecule has 1 fully saturated rings. The van der Waals surface area contributed by atoms with Gasteiger partial charge in [0.1, 0.15) is 5.82 Å². The van der Waals surface area contributed by atoms with Crippen molar-refractivity contribution < 1.29 is 4.39 Å². The number of hydrogen-bond donors (Lipinski definition) is 0. The molecule has 1 aliphatic carbocycles. The molecule has 0 aliphatic heterocycles. The van der Waals surface area contributed by atoms with Gasteiger partial charge in [0.15, 0.2) is 0 Å². The Hall–Kier alpha value is -1.14. The van der Waals surface area contributed by atoms with Crippen LogP contribution in [0.15, 0.2) is 6.20 Å². The highest BCUT2D eigenvalue weighted by molar-refractivity contribution is 6.26. The SMILES string of the molecule is Cc1c(CC#N)ncc(F)c1C1(Cl)CC1. The Bertz CT molecular complexity index is 447. The van der Waals surface area contributed by atoms with Gasteiger partial charge in [0.25, 0.3) is 0 Å². The van der Waals surface area contributed by atoms with Crippen molar-refractivity contribution in [1.29, 1.82) is 5.26 Å². The molecule has 0 radical (unpaired) electrons. The number of pyridine rings is 1. The van der Waals surface area contributed by atoms with Crippen LogP contribution in [0.3, 0.4) is 0 Å². The second-order valence-electron chi connectivity index (χ2n) is 3.85. The maximum atomic E-state index is 13.6. The summed E-state index contributed by atoms with van der Waals surface area (Å²) in [6, 6.07) is 2.02. The second-order valence-corrected chi connectivity index (χ2v) is 4.58. The van der Waals surface area contributed by atoms with Crippen LogP contribution in [0.5, 0.6) is 0 Å². The molecule has 0 bridgehead atoms. The summed E-state index contributed by atoms with van der Waals surface area (Å²) in [5.74, 6) is -0.360. The summed E-state index contributed by atoms with van der Waals surface area (Å²) in [5, 5.41) is 8.61. The summed E-state index contributed by atoms with van der Waals surface area (Å²) in [6.07, 6.45) is 2.95. The minimum Gasteiger partial charge on any atom is -0.257 e. The lowest BCUT2D eigenvalue weighted by Gasteiger charge is -2.13. The van der Waals surface area contributed by atoms with Crippen molar-refractivity contribution in [2.45, 2.75) is 31.1 Å². The number of alkyl halides is 1. The monoisotopic (exact) mass is 224 g/mol. The van der Waals surface area contributed by atoms with Crippen molar-refractivity contribution in [3.63, 3.8) is 0 Å². The highest BCUT2D eigenvalue weighted by atomic mass is 35.5. The summed E-state index contributed by atoms with van der Waals surface area (Å²) in [6.45, 7) is 1.78. The average Bonchev–Trinajstić information content (AvgIpc) is 2.90. The van der Waals surface area contributed by atoms with Crippen LogP contribution in [0.4, 0.5) is 4.39 Å². The van der Waals surface area contributed by atoms with Gasteiger partial charge in [-0.15, -0.1) is 11.6 Å². The standard InChI is InChI=1S/C11H10ClFN2/c1-7-9(2-5-14)15-6-8(13)10(7)11(12)3-4-11/h6H,2-4H2,1H3. The van der Waals surface area contributed by atoms with Crippen molar-refractivity contribution in [3.8, 4) is 6.07 Å². The van der Waals surface area contributed by atoms with E-state index in [1.807, 2.05) is 6.07 Å². The van der Waals surface area contributed by atoms with E-state index < -0.39 is 4.87 Å². The van der Waals surface area contributed by atoms with Gasteiger partial charge in [-0.25, -0.2) is 4.39 Å². The Morgan fingerprint density at radius 3 is 2.87 bits per heavy atom. The first-order valence-corrected chi connectivity index (χ1v) is 5.16. The largest absolute Gasteiger partial charge is 0.257 e. The summed E-state index contributed by atoms with van der Waals surface area (Å²) >= 11 is 6.20. The quantitative estimate of drug-likeness (QED) is 0.725. The zero-order valence-corrected chi connectivity index (χ0v) is 9.10. The number of rotatable bonds is 2. The zero-order valence-electron chi connectivity index (χ0n) is 8.35. The molecule has 0 amide bonds. The normalized spacial score (nSPS) is 17.2. The zero-order chi connectivity index (χ0) is 11.1. The molecule has 1 aliphatic rings. The van der Waals surface area contributed by atoms with Crippen molar-refractivity contribution >= 4 is 11.6 Å². The molecule has 0 unspecified atom stereocenters. The van der Waals surface area contributed by atoms with Crippen LogP contribution in [-0.2, 0) is 11.3 Å². The van der Waals surface area contributed by atoms with Gasteiger partial charge in [-0.1, -0.05) is 0 Å². The summed E-state index contributed by atoms with van der Waals surface area (Å²) in [7, 11) is 0. The van der Waals surface area contributed by atoms with Crippen LogP contribution in [0, 0.1) is 24.1 Å². The van der Waals surface area contributed by atoms with Crippen LogP contribution in [0.2, 0.25) is 0 Å². The molecule has 78 valence electrons. The van der Waals surface area contributed by atoms with E-state index in [1.165, 1.54) is 0 Å². The van der Waals surface area contributed by atoms with Gasteiger partial charge in [-0.2, -0.15) is 5.26 Å². The molecule has 1 aromatic rings. The molecule has 1 saturated carbocycles. The summed E-state index contributed by atoms with van der Waals surface area (Å²) < 4.78 is 13.6. The predicted octanol–water partition coefficient (Wildman–Crippen LogP) is 2.82. The first-order valence-electron chi connectivity index (χ1n) is 4.79. The molecule has 0 atom stereocenters. The van der Waals surface area contributed by atoms with E-state index >= 15 is 0 Å². The molecule has 2 rings (SSSR count). The van der Waals surface area contributed by atoms with Crippen molar-refractivity contribution in [2.75, 3.05) is 0 Å². The molecule has 0 aromatic carbocycles. The fraction of sp³-hybridized carbons (Fsp3) is 0.455. The van der Waals surface area contributed by atoms with Crippen molar-refractivity contribution in [2.24, 2.45) is 0 Å². The first-order chi connectivity index (χ1) is 7.08. The fourth-order valence-electron chi connectivity index (χ4n) is 1.78. The highest BCUT2D eigenvalue weighted by Gasteiger charge is 2.45. The van der Waals surface area contributed by atoms with Crippen LogP contribution in [0.1, 0.15) is 29.7 Å². The van der Waals surface area contributed by atoms with E-state index in [4.69, 9.17) is 16.9 Å². The molecule has 0 spiro atoms. The lowest BCUT2D eigenvalue weighted by Crippen LogP contribution is -2.08. The van der Waals surface area contributed by atoms with Crippen LogP contribution < -0.4 is 0 Å². The minimum absolute atomic E-state index is 0.200. The van der Waals surface area contributed by atoms with Gasteiger partial charge >= 0.3 is 0 Å². The molecular formula is C11H10ClFN2. The Balaban J connectivity index is 2.53. The number of nitriles is 1. The molecular weight excluding hydrogens is 215 g/mol. The smallest absolute Gasteiger partial charge is 0.146 e. The van der Waals surface area contributed by atoms with Crippen molar-refractivity contribution in [3.05, 3.63) is 28.8 Å². The van der Waals surface area contributed by atoms with Gasteiger partial charge < -0.3 is 0 Å². The third-order valence-corrected chi connectivity index (χ3v) is 3.33. The number of aromatic nitrogens is 1. The maximum absolute atomic E-state index is 13.6. The van der Waals surface area contributed by atoms with Gasteiger partial charge in [0.05, 0.1) is 29.3 Å². The topological polar surface area (TPSA) is 36.7 Å². The number of nitrogens with zero attached hydrogens (tertiary/aromatic N) is 2. The Labute approximate surface area is 92.7 Å². The highest BCUT2D eigenvalue weighted by Crippen LogP contribution is 2.53. The third-order valence-electron chi connectivity index (χ3n) is 2.76. The predicted molar refractivity (Wildman–Crippen MR) is 55.0 cm³/mol. The van der Waals surface area contributed by atoms with E-state index in [-0.39, 0.29) is 12.2 Å². The second kappa shape index (κ2) is 3.46. The molecule has 1 heterocycles. The Kier molecular flexibility index (Phi) is 2.40. The van der Waals surface area contributed by atoms with E-state index in [2.05, 4.69) is 4.98 Å². The lowest BCUT2D eigenvalue weighted by molar-refractivity contribution is 0.594. The molecule has 2 nitrogen and oxygen atoms in total. The van der Waals surface area contributed by atoms with Gasteiger partial charge in [-0.05, 0) is 25.3 Å². The van der Waals surface area contributed by atoms with E-state index in [9.17, 15) is 4.39 Å². The van der Waals surface area contributed by atoms with Crippen LogP contribution >= 0.6 is 11.6 Å². The molecule has 1 aromatic heterocycles. The van der Waals surface area contributed by atoms with Crippen LogP contribution in [0.25, 0.3) is 0 Å². The van der Waals surface area contributed by atoms with Gasteiger partial charge in [0.2, 0.25) is 0 Å². The van der Waals surface area contributed by atoms with Gasteiger partial charge in [-0.3, -0.25) is 4.98 Å². The van der Waals surface area contributed by atoms with E-state index in [1.54, 1.807) is 6.92 Å². The minimum atomic E-state index is -0.540. The van der Waals surface area contributed by atoms with E-state index in [0.29, 0.717) is 11.3 Å². The third kappa shape index (κ3) is 1.70. The fourth-order valence-corrected chi connectivity index (χ4v) is 2.11. The molecule has 0 N–H and O–H groups in total. The number of hydrogen-bond acceptors (Lipinski definition) is 2. The number of halogens is 2. The molecule has 4 heteroatoms. The average molecular weight is 225 g/mol. The maximum Gasteiger partial charge on any atom is 0.146 e. The van der Waals surface area contributed by atoms with Gasteiger partial charge in [0, 0.05) is 5.56 Å². The lowest BCUT2D eigenvalue weighted by atomic mass is 10.0. The summed E-state index contributed by atoms with van der Waals surface area (Å²) in [4.78, 5) is 3.37.